The number of ether oxygens (including phenoxy) is 2. The van der Waals surface area contributed by atoms with Gasteiger partial charge in [-0.2, -0.15) is 0 Å². The number of rotatable bonds is 9. The Hall–Kier alpha value is -2.59. The van der Waals surface area contributed by atoms with Crippen LogP contribution in [0.2, 0.25) is 0 Å². The molecule has 0 fully saturated rings. The van der Waals surface area contributed by atoms with Gasteiger partial charge in [0.25, 0.3) is 0 Å². The molecule has 10 heteroatoms. The zero-order valence-corrected chi connectivity index (χ0v) is 21.0. The van der Waals surface area contributed by atoms with E-state index in [1.54, 1.807) is 13.2 Å². The lowest BCUT2D eigenvalue weighted by atomic mass is 10.1. The average Bonchev–Trinajstić information content (AvgIpc) is 3.09. The summed E-state index contributed by atoms with van der Waals surface area (Å²) in [5, 5.41) is 20.1. The van der Waals surface area contributed by atoms with Crippen LogP contribution < -0.4 is 9.47 Å². The van der Waals surface area contributed by atoms with Gasteiger partial charge in [-0.3, -0.25) is 14.7 Å². The van der Waals surface area contributed by atoms with E-state index in [9.17, 15) is 10.1 Å². The molecule has 170 valence electrons. The van der Waals surface area contributed by atoms with E-state index in [2.05, 4.69) is 39.1 Å². The first-order valence-electron chi connectivity index (χ1n) is 10.0. The maximum absolute atomic E-state index is 11.5. The first kappa shape index (κ1) is 24.1. The summed E-state index contributed by atoms with van der Waals surface area (Å²) < 4.78 is 13.7. The van der Waals surface area contributed by atoms with E-state index in [1.165, 1.54) is 17.3 Å². The predicted molar refractivity (Wildman–Crippen MR) is 128 cm³/mol. The van der Waals surface area contributed by atoms with E-state index in [4.69, 9.17) is 9.47 Å². The summed E-state index contributed by atoms with van der Waals surface area (Å²) in [6.45, 7) is 8.00. The Morgan fingerprint density at radius 2 is 1.94 bits per heavy atom. The zero-order valence-electron chi connectivity index (χ0n) is 18.6. The van der Waals surface area contributed by atoms with E-state index >= 15 is 0 Å². The van der Waals surface area contributed by atoms with Crippen LogP contribution >= 0.6 is 27.7 Å². The zero-order chi connectivity index (χ0) is 23.4. The third kappa shape index (κ3) is 5.24. The van der Waals surface area contributed by atoms with Crippen LogP contribution in [0.15, 0.2) is 40.0 Å². The van der Waals surface area contributed by atoms with Gasteiger partial charge < -0.3 is 9.47 Å². The normalized spacial score (nSPS) is 11.9. The van der Waals surface area contributed by atoms with Gasteiger partial charge in [-0.05, 0) is 84.6 Å². The van der Waals surface area contributed by atoms with Crippen LogP contribution in [-0.4, -0.2) is 39.9 Å². The summed E-state index contributed by atoms with van der Waals surface area (Å²) in [5.41, 5.74) is 3.99. The van der Waals surface area contributed by atoms with Gasteiger partial charge in [-0.25, -0.2) is 0 Å². The van der Waals surface area contributed by atoms with Crippen molar-refractivity contribution in [2.24, 2.45) is 0 Å². The second kappa shape index (κ2) is 10.4. The van der Waals surface area contributed by atoms with Crippen LogP contribution in [-0.2, 0) is 0 Å². The summed E-state index contributed by atoms with van der Waals surface area (Å²) in [7, 11) is 1.56. The Bertz CT molecular complexity index is 1140. The van der Waals surface area contributed by atoms with Crippen molar-refractivity contribution in [2.75, 3.05) is 20.3 Å². The number of aryl methyl sites for hydroxylation is 3. The highest BCUT2D eigenvalue weighted by molar-refractivity contribution is 9.10. The minimum absolute atomic E-state index is 0.284. The fraction of sp³-hybridized carbons (Fsp3) is 0.364. The molecule has 0 amide bonds. The number of methoxy groups -OCH3 is 1. The molecule has 3 aromatic rings. The van der Waals surface area contributed by atoms with E-state index in [0.717, 1.165) is 16.8 Å². The average molecular weight is 521 g/mol. The standard InChI is InChI=1S/C22H25BrN4O4S/c1-6-31-19-11-16(10-18(23)21(19)30-5)20(12-26(28)29)32-22-25-24-15(4)27(22)17-8-7-13(2)14(3)9-17/h7-11,20H,6,12H2,1-5H3/t20-/m0/s1. The maximum Gasteiger partial charge on any atom is 0.220 e. The Morgan fingerprint density at radius 3 is 2.56 bits per heavy atom. The van der Waals surface area contributed by atoms with Crippen molar-refractivity contribution in [3.05, 3.63) is 67.4 Å². The van der Waals surface area contributed by atoms with E-state index in [0.29, 0.717) is 33.6 Å². The largest absolute Gasteiger partial charge is 0.492 e. The van der Waals surface area contributed by atoms with Crippen molar-refractivity contribution in [1.82, 2.24) is 14.8 Å². The molecule has 0 aliphatic carbocycles. The molecule has 0 spiro atoms. The number of benzene rings is 2. The van der Waals surface area contributed by atoms with Gasteiger partial charge in [0.15, 0.2) is 16.7 Å². The molecule has 0 radical (unpaired) electrons. The van der Waals surface area contributed by atoms with Gasteiger partial charge in [-0.15, -0.1) is 10.2 Å². The van der Waals surface area contributed by atoms with Crippen LogP contribution in [0.5, 0.6) is 11.5 Å². The molecule has 32 heavy (non-hydrogen) atoms. The molecular formula is C22H25BrN4O4S. The summed E-state index contributed by atoms with van der Waals surface area (Å²) >= 11 is 4.80. The molecule has 3 rings (SSSR count). The molecule has 0 bridgehead atoms. The van der Waals surface area contributed by atoms with Gasteiger partial charge >= 0.3 is 0 Å². The topological polar surface area (TPSA) is 92.3 Å². The highest BCUT2D eigenvalue weighted by Gasteiger charge is 2.26. The third-order valence-corrected chi connectivity index (χ3v) is 6.78. The number of halogens is 1. The second-order valence-corrected chi connectivity index (χ2v) is 9.25. The molecule has 8 nitrogen and oxygen atoms in total. The fourth-order valence-corrected chi connectivity index (χ4v) is 5.06. The van der Waals surface area contributed by atoms with Crippen molar-refractivity contribution in [2.45, 2.75) is 38.1 Å². The van der Waals surface area contributed by atoms with Gasteiger partial charge in [0, 0.05) is 10.6 Å². The van der Waals surface area contributed by atoms with Gasteiger partial charge in [0.2, 0.25) is 6.54 Å². The minimum Gasteiger partial charge on any atom is -0.492 e. The smallest absolute Gasteiger partial charge is 0.220 e. The molecule has 0 saturated carbocycles. The Balaban J connectivity index is 2.05. The number of thioether (sulfide) groups is 1. The first-order valence-corrected chi connectivity index (χ1v) is 11.7. The molecule has 1 heterocycles. The molecular weight excluding hydrogens is 496 g/mol. The summed E-state index contributed by atoms with van der Waals surface area (Å²) in [6, 6.07) is 9.73. The number of hydrogen-bond acceptors (Lipinski definition) is 7. The molecule has 0 aliphatic heterocycles. The highest BCUT2D eigenvalue weighted by Crippen LogP contribution is 2.43. The monoisotopic (exact) mass is 520 g/mol. The molecule has 0 N–H and O–H groups in total. The molecule has 2 aromatic carbocycles. The Morgan fingerprint density at radius 1 is 1.19 bits per heavy atom. The fourth-order valence-electron chi connectivity index (χ4n) is 3.29. The maximum atomic E-state index is 11.5. The van der Waals surface area contributed by atoms with E-state index in [1.807, 2.05) is 43.5 Å². The van der Waals surface area contributed by atoms with Crippen molar-refractivity contribution >= 4 is 27.7 Å². The van der Waals surface area contributed by atoms with Crippen LogP contribution in [0.3, 0.4) is 0 Å². The van der Waals surface area contributed by atoms with E-state index in [-0.39, 0.29) is 11.5 Å². The minimum atomic E-state index is -0.514. The lowest BCUT2D eigenvalue weighted by Crippen LogP contribution is -2.12. The van der Waals surface area contributed by atoms with Crippen molar-refractivity contribution in [3.63, 3.8) is 0 Å². The van der Waals surface area contributed by atoms with Crippen molar-refractivity contribution in [1.29, 1.82) is 0 Å². The first-order chi connectivity index (χ1) is 15.2. The second-order valence-electron chi connectivity index (χ2n) is 7.22. The Labute approximate surface area is 199 Å². The lowest BCUT2D eigenvalue weighted by Gasteiger charge is -2.18. The van der Waals surface area contributed by atoms with Crippen LogP contribution in [0, 0.1) is 30.9 Å². The third-order valence-electron chi connectivity index (χ3n) is 5.01. The SMILES string of the molecule is CCOc1cc([C@H](C[N+](=O)[O-])Sc2nnc(C)n2-c2ccc(C)c(C)c2)cc(Br)c1OC. The number of hydrogen-bond donors (Lipinski definition) is 0. The van der Waals surface area contributed by atoms with Crippen LogP contribution in [0.25, 0.3) is 5.69 Å². The summed E-state index contributed by atoms with van der Waals surface area (Å²) in [6.07, 6.45) is 0. The molecule has 0 aliphatic rings. The molecule has 1 atom stereocenters. The number of aromatic nitrogens is 3. The summed E-state index contributed by atoms with van der Waals surface area (Å²) in [4.78, 5) is 11.2. The Kier molecular flexibility index (Phi) is 7.78. The number of nitrogens with zero attached hydrogens (tertiary/aromatic N) is 4. The van der Waals surface area contributed by atoms with Gasteiger partial charge in [0.1, 0.15) is 11.1 Å². The quantitative estimate of drug-likeness (QED) is 0.209. The van der Waals surface area contributed by atoms with Gasteiger partial charge in [-0.1, -0.05) is 17.8 Å². The summed E-state index contributed by atoms with van der Waals surface area (Å²) in [5.74, 6) is 1.79. The lowest BCUT2D eigenvalue weighted by molar-refractivity contribution is -0.479. The van der Waals surface area contributed by atoms with E-state index < -0.39 is 5.25 Å². The highest BCUT2D eigenvalue weighted by atomic mass is 79.9. The van der Waals surface area contributed by atoms with Crippen LogP contribution in [0.1, 0.15) is 34.7 Å². The molecule has 0 unspecified atom stereocenters. The van der Waals surface area contributed by atoms with Gasteiger partial charge in [0.05, 0.1) is 18.2 Å². The molecule has 0 saturated heterocycles. The van der Waals surface area contributed by atoms with Crippen molar-refractivity contribution in [3.8, 4) is 17.2 Å². The molecule has 1 aromatic heterocycles. The predicted octanol–water partition coefficient (Wildman–Crippen LogP) is 5.47. The number of nitro groups is 1. The van der Waals surface area contributed by atoms with Crippen molar-refractivity contribution < 1.29 is 14.4 Å². The van der Waals surface area contributed by atoms with Crippen LogP contribution in [0.4, 0.5) is 0 Å².